The quantitative estimate of drug-likeness (QED) is 0.572. The van der Waals surface area contributed by atoms with Crippen molar-refractivity contribution in [2.45, 2.75) is 6.92 Å². The van der Waals surface area contributed by atoms with Gasteiger partial charge in [-0.05, 0) is 24.6 Å². The highest BCUT2D eigenvalue weighted by molar-refractivity contribution is 5.80. The van der Waals surface area contributed by atoms with E-state index in [-0.39, 0.29) is 5.69 Å². The number of nitrogens with two attached hydrogens (primary N) is 1. The third-order valence-electron chi connectivity index (χ3n) is 3.16. The summed E-state index contributed by atoms with van der Waals surface area (Å²) in [7, 11) is 0. The highest BCUT2D eigenvalue weighted by Crippen LogP contribution is 2.33. The van der Waals surface area contributed by atoms with Crippen molar-refractivity contribution in [1.29, 1.82) is 0 Å². The fourth-order valence-corrected chi connectivity index (χ4v) is 2.20. The SMILES string of the molecule is Cc1ccc2nc(-c3ccccc3[N+](=O)[O-])c(N)n2c1. The molecule has 2 N–H and O–H groups in total. The van der Waals surface area contributed by atoms with E-state index in [1.54, 1.807) is 22.6 Å². The first-order valence-corrected chi connectivity index (χ1v) is 6.06. The van der Waals surface area contributed by atoms with Crippen LogP contribution < -0.4 is 5.73 Å². The molecule has 0 bridgehead atoms. The molecule has 6 heteroatoms. The van der Waals surface area contributed by atoms with Crippen LogP contribution in [-0.4, -0.2) is 14.3 Å². The van der Waals surface area contributed by atoms with Gasteiger partial charge in [0.2, 0.25) is 0 Å². The normalized spacial score (nSPS) is 10.8. The van der Waals surface area contributed by atoms with Gasteiger partial charge in [-0.25, -0.2) is 4.98 Å². The molecule has 0 aliphatic carbocycles. The Hall–Kier alpha value is -2.89. The van der Waals surface area contributed by atoms with Crippen LogP contribution in [0.25, 0.3) is 16.9 Å². The van der Waals surface area contributed by atoms with E-state index >= 15 is 0 Å². The van der Waals surface area contributed by atoms with Crippen molar-refractivity contribution in [2.75, 3.05) is 5.73 Å². The molecule has 0 aliphatic heterocycles. The van der Waals surface area contributed by atoms with Crippen molar-refractivity contribution in [2.24, 2.45) is 0 Å². The third kappa shape index (κ3) is 1.78. The summed E-state index contributed by atoms with van der Waals surface area (Å²) in [6.45, 7) is 1.95. The molecule has 2 heterocycles. The van der Waals surface area contributed by atoms with Crippen LogP contribution in [0.4, 0.5) is 11.5 Å². The zero-order valence-electron chi connectivity index (χ0n) is 10.8. The summed E-state index contributed by atoms with van der Waals surface area (Å²) in [5, 5.41) is 11.1. The molecule has 20 heavy (non-hydrogen) atoms. The second-order valence-corrected chi connectivity index (χ2v) is 4.55. The van der Waals surface area contributed by atoms with Crippen LogP contribution in [0, 0.1) is 17.0 Å². The fraction of sp³-hybridized carbons (Fsp3) is 0.0714. The first-order valence-electron chi connectivity index (χ1n) is 6.06. The second kappa shape index (κ2) is 4.34. The molecule has 6 nitrogen and oxygen atoms in total. The molecule has 0 saturated heterocycles. The van der Waals surface area contributed by atoms with Crippen LogP contribution in [0.15, 0.2) is 42.6 Å². The number of hydrogen-bond acceptors (Lipinski definition) is 4. The monoisotopic (exact) mass is 268 g/mol. The van der Waals surface area contributed by atoms with E-state index in [1.807, 2.05) is 25.3 Å². The molecule has 0 unspecified atom stereocenters. The van der Waals surface area contributed by atoms with E-state index in [0.29, 0.717) is 22.7 Å². The molecule has 3 rings (SSSR count). The van der Waals surface area contributed by atoms with Crippen molar-refractivity contribution in [3.8, 4) is 11.3 Å². The largest absolute Gasteiger partial charge is 0.383 e. The number of pyridine rings is 1. The van der Waals surface area contributed by atoms with E-state index in [0.717, 1.165) is 5.56 Å². The summed E-state index contributed by atoms with van der Waals surface area (Å²) in [5.41, 5.74) is 8.65. The van der Waals surface area contributed by atoms with Gasteiger partial charge in [-0.3, -0.25) is 14.5 Å². The number of benzene rings is 1. The van der Waals surface area contributed by atoms with E-state index in [2.05, 4.69) is 4.98 Å². The number of nitrogens with zero attached hydrogens (tertiary/aromatic N) is 3. The number of hydrogen-bond donors (Lipinski definition) is 1. The van der Waals surface area contributed by atoms with Gasteiger partial charge in [0.05, 0.1) is 10.5 Å². The zero-order valence-corrected chi connectivity index (χ0v) is 10.8. The topological polar surface area (TPSA) is 86.5 Å². The predicted molar refractivity (Wildman–Crippen MR) is 76.4 cm³/mol. The lowest BCUT2D eigenvalue weighted by molar-refractivity contribution is -0.384. The van der Waals surface area contributed by atoms with Gasteiger partial charge in [0.25, 0.3) is 5.69 Å². The number of nitro benzene ring substituents is 1. The number of anilines is 1. The minimum Gasteiger partial charge on any atom is -0.383 e. The van der Waals surface area contributed by atoms with Gasteiger partial charge in [-0.2, -0.15) is 0 Å². The van der Waals surface area contributed by atoms with Gasteiger partial charge >= 0.3 is 0 Å². The van der Waals surface area contributed by atoms with Gasteiger partial charge in [0, 0.05) is 12.3 Å². The smallest absolute Gasteiger partial charge is 0.278 e. The molecule has 0 radical (unpaired) electrons. The van der Waals surface area contributed by atoms with E-state index in [1.165, 1.54) is 6.07 Å². The molecule has 2 aromatic heterocycles. The Labute approximate surface area is 114 Å². The van der Waals surface area contributed by atoms with Gasteiger partial charge in [0.1, 0.15) is 17.2 Å². The molecule has 0 amide bonds. The van der Waals surface area contributed by atoms with Crippen LogP contribution in [0.2, 0.25) is 0 Å². The van der Waals surface area contributed by atoms with Crippen molar-refractivity contribution in [3.05, 3.63) is 58.3 Å². The Morgan fingerprint density at radius 1 is 1.25 bits per heavy atom. The number of aromatic nitrogens is 2. The second-order valence-electron chi connectivity index (χ2n) is 4.55. The number of nitrogen functional groups attached to an aromatic ring is 1. The van der Waals surface area contributed by atoms with Crippen LogP contribution >= 0.6 is 0 Å². The maximum absolute atomic E-state index is 11.1. The lowest BCUT2D eigenvalue weighted by atomic mass is 10.1. The molecular formula is C14H12N4O2. The summed E-state index contributed by atoms with van der Waals surface area (Å²) in [4.78, 5) is 15.1. The Kier molecular flexibility index (Phi) is 2.64. The Morgan fingerprint density at radius 2 is 2.00 bits per heavy atom. The summed E-state index contributed by atoms with van der Waals surface area (Å²) >= 11 is 0. The Bertz CT molecular complexity index is 823. The highest BCUT2D eigenvalue weighted by atomic mass is 16.6. The summed E-state index contributed by atoms with van der Waals surface area (Å²) in [5.74, 6) is 0.401. The highest BCUT2D eigenvalue weighted by Gasteiger charge is 2.20. The summed E-state index contributed by atoms with van der Waals surface area (Å²) in [6.07, 6.45) is 1.86. The molecule has 0 saturated carbocycles. The number of nitro groups is 1. The molecule has 0 fully saturated rings. The van der Waals surface area contributed by atoms with Crippen molar-refractivity contribution >= 4 is 17.2 Å². The van der Waals surface area contributed by atoms with Gasteiger partial charge < -0.3 is 5.73 Å². The minimum atomic E-state index is -0.427. The Balaban J connectivity index is 2.30. The molecule has 1 aromatic carbocycles. The molecule has 0 atom stereocenters. The van der Waals surface area contributed by atoms with E-state index < -0.39 is 4.92 Å². The van der Waals surface area contributed by atoms with Gasteiger partial charge in [0.15, 0.2) is 0 Å². The number of imidazole rings is 1. The van der Waals surface area contributed by atoms with Crippen molar-refractivity contribution in [3.63, 3.8) is 0 Å². The average Bonchev–Trinajstić information content (AvgIpc) is 2.76. The van der Waals surface area contributed by atoms with Gasteiger partial charge in [-0.1, -0.05) is 18.2 Å². The average molecular weight is 268 g/mol. The Morgan fingerprint density at radius 3 is 2.75 bits per heavy atom. The van der Waals surface area contributed by atoms with Crippen LogP contribution in [-0.2, 0) is 0 Å². The number of fused-ring (bicyclic) bond motifs is 1. The lowest BCUT2D eigenvalue weighted by Gasteiger charge is -2.01. The van der Waals surface area contributed by atoms with Crippen molar-refractivity contribution in [1.82, 2.24) is 9.38 Å². The number of rotatable bonds is 2. The molecule has 0 spiro atoms. The predicted octanol–water partition coefficient (Wildman–Crippen LogP) is 2.80. The first kappa shape index (κ1) is 12.2. The fourth-order valence-electron chi connectivity index (χ4n) is 2.20. The van der Waals surface area contributed by atoms with E-state index in [9.17, 15) is 10.1 Å². The molecule has 100 valence electrons. The van der Waals surface area contributed by atoms with E-state index in [4.69, 9.17) is 5.73 Å². The molecule has 3 aromatic rings. The number of para-hydroxylation sites is 1. The van der Waals surface area contributed by atoms with Crippen LogP contribution in [0.1, 0.15) is 5.56 Å². The molecule has 0 aliphatic rings. The van der Waals surface area contributed by atoms with Crippen LogP contribution in [0.3, 0.4) is 0 Å². The first-order chi connectivity index (χ1) is 9.58. The summed E-state index contributed by atoms with van der Waals surface area (Å²) < 4.78 is 1.74. The minimum absolute atomic E-state index is 0.000622. The zero-order chi connectivity index (χ0) is 14.3. The lowest BCUT2D eigenvalue weighted by Crippen LogP contribution is -1.96. The van der Waals surface area contributed by atoms with Gasteiger partial charge in [-0.15, -0.1) is 0 Å². The molecular weight excluding hydrogens is 256 g/mol. The van der Waals surface area contributed by atoms with Crippen LogP contribution in [0.5, 0.6) is 0 Å². The maximum atomic E-state index is 11.1. The van der Waals surface area contributed by atoms with Crippen molar-refractivity contribution < 1.29 is 4.92 Å². The maximum Gasteiger partial charge on any atom is 0.278 e. The summed E-state index contributed by atoms with van der Waals surface area (Å²) in [6, 6.07) is 10.2. The standard InChI is InChI=1S/C14H12N4O2/c1-9-6-7-12-16-13(14(15)17(12)8-9)10-4-2-3-5-11(10)18(19)20/h2-8H,15H2,1H3. The third-order valence-corrected chi connectivity index (χ3v) is 3.16. The number of aryl methyl sites for hydroxylation is 1.